The number of nitrogens with zero attached hydrogens (tertiary/aromatic N) is 3. The Balaban J connectivity index is 1.66. The van der Waals surface area contributed by atoms with E-state index in [0.29, 0.717) is 40.3 Å². The molecule has 8 nitrogen and oxygen atoms in total. The molecule has 35 heavy (non-hydrogen) atoms. The summed E-state index contributed by atoms with van der Waals surface area (Å²) in [4.78, 5) is 26.0. The van der Waals surface area contributed by atoms with Gasteiger partial charge in [-0.3, -0.25) is 4.79 Å². The van der Waals surface area contributed by atoms with Gasteiger partial charge in [0.1, 0.15) is 17.4 Å². The first-order valence-electron chi connectivity index (χ1n) is 11.1. The Morgan fingerprint density at radius 2 is 1.86 bits per heavy atom. The lowest BCUT2D eigenvalue weighted by Gasteiger charge is -2.11. The molecule has 0 aliphatic carbocycles. The number of thiophene rings is 1. The molecule has 0 fully saturated rings. The highest BCUT2D eigenvalue weighted by molar-refractivity contribution is 7.99. The molecule has 0 aliphatic rings. The second-order valence-electron chi connectivity index (χ2n) is 7.83. The van der Waals surface area contributed by atoms with Crippen LogP contribution in [-0.4, -0.2) is 39.5 Å². The Morgan fingerprint density at radius 3 is 2.46 bits per heavy atom. The smallest absolute Gasteiger partial charge is 0.341 e. The van der Waals surface area contributed by atoms with Crippen LogP contribution < -0.4 is 10.1 Å². The minimum absolute atomic E-state index is 0.119. The zero-order chi connectivity index (χ0) is 25.7. The number of ether oxygens (including phenoxy) is 2. The molecule has 0 spiro atoms. The molecule has 3 rings (SSSR count). The number of carbonyl (C=O) groups is 2. The van der Waals surface area contributed by atoms with E-state index in [4.69, 9.17) is 21.1 Å². The van der Waals surface area contributed by atoms with Crippen molar-refractivity contribution < 1.29 is 19.1 Å². The van der Waals surface area contributed by atoms with E-state index in [1.165, 1.54) is 30.2 Å². The highest BCUT2D eigenvalue weighted by atomic mass is 35.5. The largest absolute Gasteiger partial charge is 0.486 e. The van der Waals surface area contributed by atoms with Gasteiger partial charge in [0.2, 0.25) is 5.91 Å². The summed E-state index contributed by atoms with van der Waals surface area (Å²) in [5.74, 6) is 0.807. The molecule has 0 unspecified atom stereocenters. The topological polar surface area (TPSA) is 95.3 Å². The predicted molar refractivity (Wildman–Crippen MR) is 140 cm³/mol. The molecular weight excluding hydrogens is 508 g/mol. The van der Waals surface area contributed by atoms with Gasteiger partial charge in [-0.1, -0.05) is 30.3 Å². The fraction of sp³-hybridized carbons (Fsp3) is 0.417. The quantitative estimate of drug-likeness (QED) is 0.266. The van der Waals surface area contributed by atoms with Gasteiger partial charge in [0.15, 0.2) is 11.0 Å². The fourth-order valence-electron chi connectivity index (χ4n) is 3.69. The van der Waals surface area contributed by atoms with E-state index >= 15 is 0 Å². The zero-order valence-corrected chi connectivity index (χ0v) is 23.0. The van der Waals surface area contributed by atoms with Gasteiger partial charge in [0.25, 0.3) is 0 Å². The van der Waals surface area contributed by atoms with Crippen LogP contribution in [0.4, 0.5) is 5.00 Å². The van der Waals surface area contributed by atoms with Crippen molar-refractivity contribution in [2.75, 3.05) is 18.2 Å². The molecule has 2 aromatic heterocycles. The fourth-order valence-corrected chi connectivity index (χ4v) is 5.77. The molecule has 0 saturated heterocycles. The van der Waals surface area contributed by atoms with Crippen molar-refractivity contribution >= 4 is 51.6 Å². The number of aryl methyl sites for hydroxylation is 3. The van der Waals surface area contributed by atoms with E-state index in [2.05, 4.69) is 15.5 Å². The van der Waals surface area contributed by atoms with Crippen LogP contribution in [0.1, 0.15) is 51.6 Å². The maximum absolute atomic E-state index is 12.7. The molecule has 188 valence electrons. The first-order valence-corrected chi connectivity index (χ1v) is 13.3. The van der Waals surface area contributed by atoms with Gasteiger partial charge in [-0.05, 0) is 62.9 Å². The number of rotatable bonds is 10. The van der Waals surface area contributed by atoms with Crippen molar-refractivity contribution in [3.63, 3.8) is 0 Å². The molecule has 1 amide bonds. The summed E-state index contributed by atoms with van der Waals surface area (Å²) in [7, 11) is 1.34. The summed E-state index contributed by atoms with van der Waals surface area (Å²) in [5, 5.41) is 13.2. The third-order valence-corrected chi connectivity index (χ3v) is 8.05. The molecule has 11 heteroatoms. The van der Waals surface area contributed by atoms with Crippen molar-refractivity contribution in [1.82, 2.24) is 14.8 Å². The minimum atomic E-state index is -0.449. The number of benzene rings is 1. The third kappa shape index (κ3) is 6.17. The standard InChI is InChI=1S/C24H29ClN4O4S2/c1-7-17-15(5)35-22(20(17)23(31)32-6)26-19(30)12-34-24-28-27-18(29(24)8-2)11-33-16-9-13(3)21(25)14(4)10-16/h9-10H,7-8,11-12H2,1-6H3,(H,26,30). The highest BCUT2D eigenvalue weighted by Gasteiger charge is 2.23. The second-order valence-corrected chi connectivity index (χ2v) is 10.4. The molecule has 0 atom stereocenters. The van der Waals surface area contributed by atoms with Crippen LogP contribution in [0.2, 0.25) is 5.02 Å². The summed E-state index contributed by atoms with van der Waals surface area (Å²) in [6.07, 6.45) is 0.678. The normalized spacial score (nSPS) is 10.9. The van der Waals surface area contributed by atoms with Crippen LogP contribution in [0.15, 0.2) is 17.3 Å². The second kappa shape index (κ2) is 11.9. The van der Waals surface area contributed by atoms with Crippen molar-refractivity contribution in [3.05, 3.63) is 50.1 Å². The zero-order valence-electron chi connectivity index (χ0n) is 20.7. The molecule has 0 saturated carbocycles. The maximum atomic E-state index is 12.7. The monoisotopic (exact) mass is 536 g/mol. The predicted octanol–water partition coefficient (Wildman–Crippen LogP) is 5.60. The van der Waals surface area contributed by atoms with Crippen molar-refractivity contribution in [1.29, 1.82) is 0 Å². The van der Waals surface area contributed by atoms with E-state index in [-0.39, 0.29) is 18.3 Å². The van der Waals surface area contributed by atoms with Gasteiger partial charge in [0.05, 0.1) is 18.4 Å². The van der Waals surface area contributed by atoms with Crippen LogP contribution in [0.25, 0.3) is 0 Å². The van der Waals surface area contributed by atoms with Gasteiger partial charge in [-0.15, -0.1) is 21.5 Å². The number of esters is 1. The third-order valence-electron chi connectivity index (χ3n) is 5.42. The van der Waals surface area contributed by atoms with Crippen molar-refractivity contribution in [3.8, 4) is 5.75 Å². The lowest BCUT2D eigenvalue weighted by Crippen LogP contribution is -2.17. The number of aromatic nitrogens is 3. The van der Waals surface area contributed by atoms with Crippen LogP contribution >= 0.6 is 34.7 Å². The first-order chi connectivity index (χ1) is 16.7. The van der Waals surface area contributed by atoms with Crippen LogP contribution in [0.3, 0.4) is 0 Å². The number of anilines is 1. The Hall–Kier alpha value is -2.56. The van der Waals surface area contributed by atoms with Gasteiger partial charge in [0, 0.05) is 16.4 Å². The van der Waals surface area contributed by atoms with Gasteiger partial charge in [-0.2, -0.15) is 0 Å². The van der Waals surface area contributed by atoms with Crippen LogP contribution in [0, 0.1) is 20.8 Å². The number of methoxy groups -OCH3 is 1. The highest BCUT2D eigenvalue weighted by Crippen LogP contribution is 2.34. The van der Waals surface area contributed by atoms with Crippen molar-refractivity contribution in [2.24, 2.45) is 0 Å². The first kappa shape index (κ1) is 27.0. The van der Waals surface area contributed by atoms with E-state index < -0.39 is 5.97 Å². The number of hydrogen-bond donors (Lipinski definition) is 1. The average molecular weight is 537 g/mol. The summed E-state index contributed by atoms with van der Waals surface area (Å²) in [6.45, 7) is 10.6. The number of carbonyl (C=O) groups excluding carboxylic acids is 2. The van der Waals surface area contributed by atoms with E-state index in [9.17, 15) is 9.59 Å². The van der Waals surface area contributed by atoms with Crippen LogP contribution in [-0.2, 0) is 29.1 Å². The lowest BCUT2D eigenvalue weighted by atomic mass is 10.1. The molecule has 3 aromatic rings. The van der Waals surface area contributed by atoms with E-state index in [1.807, 2.05) is 51.3 Å². The molecule has 2 heterocycles. The summed E-state index contributed by atoms with van der Waals surface area (Å²) in [6, 6.07) is 3.78. The molecule has 0 aliphatic heterocycles. The van der Waals surface area contributed by atoms with Crippen LogP contribution in [0.5, 0.6) is 5.75 Å². The molecule has 1 N–H and O–H groups in total. The number of thioether (sulfide) groups is 1. The van der Waals surface area contributed by atoms with Gasteiger partial charge >= 0.3 is 5.97 Å². The van der Waals surface area contributed by atoms with E-state index in [0.717, 1.165) is 26.6 Å². The molecule has 1 aromatic carbocycles. The minimum Gasteiger partial charge on any atom is -0.486 e. The van der Waals surface area contributed by atoms with Crippen molar-refractivity contribution in [2.45, 2.75) is 59.3 Å². The van der Waals surface area contributed by atoms with Gasteiger partial charge in [-0.25, -0.2) is 4.79 Å². The molecular formula is C24H29ClN4O4S2. The average Bonchev–Trinajstić information content (AvgIpc) is 3.37. The number of amides is 1. The SMILES string of the molecule is CCc1c(C)sc(NC(=O)CSc2nnc(COc3cc(C)c(Cl)c(C)c3)n2CC)c1C(=O)OC. The number of hydrogen-bond acceptors (Lipinski definition) is 8. The number of halogens is 1. The Kier molecular flexibility index (Phi) is 9.21. The van der Waals surface area contributed by atoms with Gasteiger partial charge < -0.3 is 19.4 Å². The Bertz CT molecular complexity index is 1220. The number of nitrogens with one attached hydrogen (secondary N) is 1. The maximum Gasteiger partial charge on any atom is 0.341 e. The lowest BCUT2D eigenvalue weighted by molar-refractivity contribution is -0.113. The summed E-state index contributed by atoms with van der Waals surface area (Å²) in [5.41, 5.74) is 3.22. The van der Waals surface area contributed by atoms with E-state index in [1.54, 1.807) is 0 Å². The molecule has 0 radical (unpaired) electrons. The summed E-state index contributed by atoms with van der Waals surface area (Å²) < 4.78 is 12.8. The molecule has 0 bridgehead atoms. The Morgan fingerprint density at radius 1 is 1.17 bits per heavy atom. The summed E-state index contributed by atoms with van der Waals surface area (Å²) >= 11 is 8.89. The Labute approximate surface area is 218 Å².